The van der Waals surface area contributed by atoms with Crippen LogP contribution in [-0.2, 0) is 6.54 Å². The van der Waals surface area contributed by atoms with Crippen LogP contribution in [0.5, 0.6) is 5.75 Å². The minimum absolute atomic E-state index is 0.0986. The number of nitrogens with zero attached hydrogens (tertiary/aromatic N) is 5. The lowest BCUT2D eigenvalue weighted by molar-refractivity contribution is 0.335. The van der Waals surface area contributed by atoms with E-state index in [-0.39, 0.29) is 17.9 Å². The summed E-state index contributed by atoms with van der Waals surface area (Å²) in [7, 11) is 0. The highest BCUT2D eigenvalue weighted by Crippen LogP contribution is 2.29. The molecule has 0 amide bonds. The highest BCUT2D eigenvalue weighted by Gasteiger charge is 2.19. The summed E-state index contributed by atoms with van der Waals surface area (Å²) in [5.74, 6) is -0.201. The molecule has 5 rings (SSSR count). The van der Waals surface area contributed by atoms with Gasteiger partial charge in [0.2, 0.25) is 0 Å². The van der Waals surface area contributed by atoms with Crippen molar-refractivity contribution in [2.24, 2.45) is 0 Å². The van der Waals surface area contributed by atoms with Gasteiger partial charge in [-0.25, -0.2) is 18.7 Å². The Morgan fingerprint density at radius 1 is 1.03 bits per heavy atom. The van der Waals surface area contributed by atoms with Crippen LogP contribution in [0.2, 0.25) is 0 Å². The predicted octanol–water partition coefficient (Wildman–Crippen LogP) is 5.67. The van der Waals surface area contributed by atoms with Crippen LogP contribution in [0.4, 0.5) is 20.3 Å². The van der Waals surface area contributed by atoms with Gasteiger partial charge in [0, 0.05) is 52.9 Å². The van der Waals surface area contributed by atoms with Crippen LogP contribution in [0.15, 0.2) is 67.1 Å². The molecule has 0 bridgehead atoms. The van der Waals surface area contributed by atoms with E-state index in [1.165, 1.54) is 12.1 Å². The van der Waals surface area contributed by atoms with Crippen LogP contribution in [0.1, 0.15) is 18.1 Å². The summed E-state index contributed by atoms with van der Waals surface area (Å²) in [5, 5.41) is 8.71. The molecule has 0 aliphatic carbocycles. The molecule has 1 N–H and O–H groups in total. The number of nitrogens with one attached hydrogen (secondary N) is 1. The van der Waals surface area contributed by atoms with E-state index in [1.807, 2.05) is 43.3 Å². The van der Waals surface area contributed by atoms with Gasteiger partial charge in [-0.1, -0.05) is 18.2 Å². The molecule has 0 fully saturated rings. The van der Waals surface area contributed by atoms with Crippen molar-refractivity contribution >= 4 is 22.4 Å². The van der Waals surface area contributed by atoms with Gasteiger partial charge in [-0.05, 0) is 32.0 Å². The lowest BCUT2D eigenvalue weighted by atomic mass is 10.1. The lowest BCUT2D eigenvalue weighted by Crippen LogP contribution is -2.07. The number of aryl methyl sites for hydroxylation is 1. The number of anilines is 2. The molecule has 0 atom stereocenters. The lowest BCUT2D eigenvalue weighted by Gasteiger charge is -2.10. The van der Waals surface area contributed by atoms with Crippen LogP contribution >= 0.6 is 0 Å². The Hall–Kier alpha value is -4.40. The highest BCUT2D eigenvalue weighted by molar-refractivity contribution is 5.91. The molecule has 3 heterocycles. The van der Waals surface area contributed by atoms with E-state index in [1.54, 1.807) is 30.2 Å². The number of ether oxygens (including phenoxy) is 1. The SMILES string of the molecule is CCOc1cc(F)c(Cn2nc(-c3ncc(C)c(Nc4ccncc4)n3)c3ccccc32)c(F)c1. The third kappa shape index (κ3) is 4.52. The normalized spacial score (nSPS) is 11.1. The molecule has 5 aromatic rings. The third-order valence-corrected chi connectivity index (χ3v) is 5.52. The van der Waals surface area contributed by atoms with Gasteiger partial charge < -0.3 is 10.1 Å². The van der Waals surface area contributed by atoms with Gasteiger partial charge in [-0.3, -0.25) is 9.67 Å². The van der Waals surface area contributed by atoms with Crippen molar-refractivity contribution in [3.8, 4) is 17.3 Å². The van der Waals surface area contributed by atoms with E-state index in [0.717, 1.165) is 16.6 Å². The first-order valence-corrected chi connectivity index (χ1v) is 11.1. The first kappa shape index (κ1) is 22.4. The number of benzene rings is 2. The maximum absolute atomic E-state index is 14.8. The van der Waals surface area contributed by atoms with E-state index in [4.69, 9.17) is 9.72 Å². The summed E-state index contributed by atoms with van der Waals surface area (Å²) in [6.07, 6.45) is 5.09. The molecule has 7 nitrogen and oxygen atoms in total. The average molecular weight is 472 g/mol. The van der Waals surface area contributed by atoms with Crippen molar-refractivity contribution < 1.29 is 13.5 Å². The molecule has 0 saturated heterocycles. The van der Waals surface area contributed by atoms with E-state index >= 15 is 0 Å². The number of para-hydroxylation sites is 1. The molecule has 9 heteroatoms. The molecule has 0 aliphatic rings. The number of fused-ring (bicyclic) bond motifs is 1. The van der Waals surface area contributed by atoms with Crippen molar-refractivity contribution in [2.45, 2.75) is 20.4 Å². The Morgan fingerprint density at radius 3 is 2.51 bits per heavy atom. The van der Waals surface area contributed by atoms with E-state index in [0.29, 0.717) is 29.5 Å². The van der Waals surface area contributed by atoms with E-state index in [2.05, 4.69) is 20.4 Å². The summed E-state index contributed by atoms with van der Waals surface area (Å²) in [6, 6.07) is 13.5. The Morgan fingerprint density at radius 2 is 1.77 bits per heavy atom. The van der Waals surface area contributed by atoms with Crippen LogP contribution in [-0.4, -0.2) is 31.3 Å². The van der Waals surface area contributed by atoms with E-state index < -0.39 is 11.6 Å². The Balaban J connectivity index is 1.55. The van der Waals surface area contributed by atoms with Gasteiger partial charge in [0.05, 0.1) is 18.7 Å². The van der Waals surface area contributed by atoms with Crippen molar-refractivity contribution in [1.29, 1.82) is 0 Å². The second kappa shape index (κ2) is 9.46. The molecule has 3 aromatic heterocycles. The van der Waals surface area contributed by atoms with Crippen LogP contribution in [0.3, 0.4) is 0 Å². The van der Waals surface area contributed by atoms with Crippen LogP contribution < -0.4 is 10.1 Å². The van der Waals surface area contributed by atoms with Crippen LogP contribution in [0.25, 0.3) is 22.4 Å². The summed E-state index contributed by atoms with van der Waals surface area (Å²) in [5.41, 5.74) is 2.82. The maximum atomic E-state index is 14.8. The second-order valence-corrected chi connectivity index (χ2v) is 7.91. The van der Waals surface area contributed by atoms with Crippen molar-refractivity contribution in [1.82, 2.24) is 24.7 Å². The van der Waals surface area contributed by atoms with Gasteiger partial charge in [-0.15, -0.1) is 0 Å². The van der Waals surface area contributed by atoms with Gasteiger partial charge in [0.15, 0.2) is 5.82 Å². The first-order chi connectivity index (χ1) is 17.0. The first-order valence-electron chi connectivity index (χ1n) is 11.1. The minimum Gasteiger partial charge on any atom is -0.494 e. The molecule has 0 aliphatic heterocycles. The number of hydrogen-bond donors (Lipinski definition) is 1. The van der Waals surface area contributed by atoms with Gasteiger partial charge in [0.25, 0.3) is 0 Å². The quantitative estimate of drug-likeness (QED) is 0.329. The third-order valence-electron chi connectivity index (χ3n) is 5.52. The van der Waals surface area contributed by atoms with Crippen molar-refractivity contribution in [3.05, 3.63) is 89.9 Å². The van der Waals surface area contributed by atoms with E-state index in [9.17, 15) is 8.78 Å². The smallest absolute Gasteiger partial charge is 0.182 e. The highest BCUT2D eigenvalue weighted by atomic mass is 19.1. The summed E-state index contributed by atoms with van der Waals surface area (Å²) in [6.45, 7) is 3.88. The minimum atomic E-state index is -0.690. The summed E-state index contributed by atoms with van der Waals surface area (Å²) >= 11 is 0. The number of aromatic nitrogens is 5. The molecule has 0 radical (unpaired) electrons. The Labute approximate surface area is 200 Å². The number of pyridine rings is 1. The molecule has 176 valence electrons. The Bertz CT molecular complexity index is 1480. The fourth-order valence-corrected chi connectivity index (χ4v) is 3.80. The number of rotatable bonds is 7. The fourth-order valence-electron chi connectivity index (χ4n) is 3.80. The predicted molar refractivity (Wildman–Crippen MR) is 130 cm³/mol. The van der Waals surface area contributed by atoms with Crippen molar-refractivity contribution in [2.75, 3.05) is 11.9 Å². The zero-order valence-electron chi connectivity index (χ0n) is 19.2. The zero-order valence-corrected chi connectivity index (χ0v) is 19.2. The summed E-state index contributed by atoms with van der Waals surface area (Å²) in [4.78, 5) is 13.2. The van der Waals surface area contributed by atoms with Gasteiger partial charge in [-0.2, -0.15) is 5.10 Å². The van der Waals surface area contributed by atoms with Gasteiger partial charge in [0.1, 0.15) is 28.9 Å². The summed E-state index contributed by atoms with van der Waals surface area (Å²) < 4.78 is 36.3. The number of halogens is 2. The van der Waals surface area contributed by atoms with Crippen molar-refractivity contribution in [3.63, 3.8) is 0 Å². The molecule has 0 saturated carbocycles. The molecule has 0 spiro atoms. The van der Waals surface area contributed by atoms with Gasteiger partial charge >= 0.3 is 0 Å². The zero-order chi connectivity index (χ0) is 24.4. The molecule has 2 aromatic carbocycles. The van der Waals surface area contributed by atoms with Crippen LogP contribution in [0, 0.1) is 18.6 Å². The number of hydrogen-bond acceptors (Lipinski definition) is 6. The molecular formula is C26H22F2N6O. The molecule has 0 unspecified atom stereocenters. The largest absolute Gasteiger partial charge is 0.494 e. The fraction of sp³-hybridized carbons (Fsp3) is 0.154. The topological polar surface area (TPSA) is 77.8 Å². The molecule has 35 heavy (non-hydrogen) atoms. The monoisotopic (exact) mass is 472 g/mol. The average Bonchev–Trinajstić information content (AvgIpc) is 3.22. The molecular weight excluding hydrogens is 450 g/mol. The second-order valence-electron chi connectivity index (χ2n) is 7.91. The standard InChI is InChI=1S/C26H22F2N6O/c1-3-35-18-12-21(27)20(22(28)13-18)15-34-23-7-5-4-6-19(23)24(33-34)26-30-14-16(2)25(32-26)31-17-8-10-29-11-9-17/h4-14H,3,15H2,1-2H3,(H,29,30,31,32). The maximum Gasteiger partial charge on any atom is 0.182 e. The Kier molecular flexibility index (Phi) is 6.05.